The van der Waals surface area contributed by atoms with Gasteiger partial charge in [-0.15, -0.1) is 6.58 Å². The van der Waals surface area contributed by atoms with Gasteiger partial charge in [-0.25, -0.2) is 10.4 Å². The highest BCUT2D eigenvalue weighted by atomic mass is 79.9. The Morgan fingerprint density at radius 2 is 2.18 bits per heavy atom. The zero-order chi connectivity index (χ0) is 20.1. The van der Waals surface area contributed by atoms with E-state index in [9.17, 15) is 14.7 Å². The van der Waals surface area contributed by atoms with Crippen molar-refractivity contribution in [3.8, 4) is 5.75 Å². The monoisotopic (exact) mass is 440 g/mol. The Morgan fingerprint density at radius 3 is 2.96 bits per heavy atom. The summed E-state index contributed by atoms with van der Waals surface area (Å²) in [6.45, 7) is 3.42. The van der Waals surface area contributed by atoms with Crippen LogP contribution in [0.1, 0.15) is 11.1 Å². The third-order valence-electron chi connectivity index (χ3n) is 4.01. The molecule has 0 spiro atoms. The van der Waals surface area contributed by atoms with Gasteiger partial charge >= 0.3 is 0 Å². The summed E-state index contributed by atoms with van der Waals surface area (Å²) in [6.07, 6.45) is 4.88. The molecule has 2 N–H and O–H groups in total. The molecule has 0 bridgehead atoms. The van der Waals surface area contributed by atoms with Crippen LogP contribution in [0.15, 0.2) is 69.7 Å². The highest BCUT2D eigenvalue weighted by Crippen LogP contribution is 2.21. The highest BCUT2D eigenvalue weighted by molar-refractivity contribution is 9.10. The lowest BCUT2D eigenvalue weighted by molar-refractivity contribution is -0.121. The van der Waals surface area contributed by atoms with Gasteiger partial charge in [-0.3, -0.25) is 14.2 Å². The van der Waals surface area contributed by atoms with Crippen LogP contribution in [0.4, 0.5) is 0 Å². The lowest BCUT2D eigenvalue weighted by atomic mass is 10.1. The Kier molecular flexibility index (Phi) is 6.00. The van der Waals surface area contributed by atoms with Crippen LogP contribution < -0.4 is 11.0 Å². The predicted molar refractivity (Wildman–Crippen MR) is 111 cm³/mol. The normalized spacial score (nSPS) is 11.0. The van der Waals surface area contributed by atoms with Crippen molar-refractivity contribution in [2.75, 3.05) is 0 Å². The number of allylic oxidation sites excluding steroid dienone is 1. The van der Waals surface area contributed by atoms with Gasteiger partial charge in [-0.2, -0.15) is 5.10 Å². The van der Waals surface area contributed by atoms with E-state index in [-0.39, 0.29) is 17.9 Å². The fourth-order valence-corrected chi connectivity index (χ4v) is 3.00. The number of aromatic hydroxyl groups is 1. The number of phenolic OH excluding ortho intramolecular Hbond substituents is 1. The smallest absolute Gasteiger partial charge is 0.261 e. The molecule has 8 heteroatoms. The molecule has 0 saturated carbocycles. The third kappa shape index (κ3) is 4.34. The molecular formula is C20H17BrN4O3. The Balaban J connectivity index is 1.71. The van der Waals surface area contributed by atoms with Crippen LogP contribution >= 0.6 is 15.9 Å². The van der Waals surface area contributed by atoms with Crippen LogP contribution in [0.25, 0.3) is 10.9 Å². The molecule has 7 nitrogen and oxygen atoms in total. The van der Waals surface area contributed by atoms with E-state index in [0.717, 1.165) is 4.47 Å². The van der Waals surface area contributed by atoms with E-state index in [4.69, 9.17) is 0 Å². The molecule has 0 saturated heterocycles. The van der Waals surface area contributed by atoms with Gasteiger partial charge in [0.05, 0.1) is 23.4 Å². The van der Waals surface area contributed by atoms with E-state index in [0.29, 0.717) is 28.5 Å². The van der Waals surface area contributed by atoms with Crippen molar-refractivity contribution in [1.82, 2.24) is 15.0 Å². The second-order valence-electron chi connectivity index (χ2n) is 5.98. The number of fused-ring (bicyclic) bond motifs is 1. The van der Waals surface area contributed by atoms with Crippen LogP contribution in [-0.2, 0) is 17.8 Å². The number of nitrogens with zero attached hydrogens (tertiary/aromatic N) is 3. The van der Waals surface area contributed by atoms with Crippen LogP contribution in [0.3, 0.4) is 0 Å². The van der Waals surface area contributed by atoms with Gasteiger partial charge in [-0.1, -0.05) is 34.1 Å². The molecule has 1 amide bonds. The summed E-state index contributed by atoms with van der Waals surface area (Å²) < 4.78 is 1.96. The SMILES string of the molecule is C=CCc1cccc(/C=N/NC(=O)Cn2cnc3ccc(Br)cc3c2=O)c1O. The Labute approximate surface area is 169 Å². The fraction of sp³-hybridized carbons (Fsp3) is 0.100. The van der Waals surface area contributed by atoms with Crippen molar-refractivity contribution in [2.24, 2.45) is 5.10 Å². The van der Waals surface area contributed by atoms with Crippen molar-refractivity contribution >= 4 is 39.0 Å². The number of nitrogens with one attached hydrogen (secondary N) is 1. The Hall–Kier alpha value is -3.26. The fourth-order valence-electron chi connectivity index (χ4n) is 2.64. The standard InChI is InChI=1S/C20H17BrN4O3/c1-2-4-13-5-3-6-14(19(13)27)10-23-24-18(26)11-25-12-22-17-8-7-15(21)9-16(17)20(25)28/h2-3,5-10,12,27H,1,4,11H2,(H,24,26)/b23-10+. The van der Waals surface area contributed by atoms with Gasteiger partial charge in [-0.05, 0) is 36.2 Å². The first-order valence-corrected chi connectivity index (χ1v) is 9.17. The minimum absolute atomic E-state index is 0.0842. The maximum Gasteiger partial charge on any atom is 0.261 e. The molecule has 0 aliphatic carbocycles. The number of carbonyl (C=O) groups excluding carboxylic acids is 1. The Bertz CT molecular complexity index is 1140. The minimum Gasteiger partial charge on any atom is -0.507 e. The molecule has 2 aromatic carbocycles. The lowest BCUT2D eigenvalue weighted by Gasteiger charge is -2.06. The van der Waals surface area contributed by atoms with Gasteiger partial charge in [0, 0.05) is 10.0 Å². The summed E-state index contributed by atoms with van der Waals surface area (Å²) in [5, 5.41) is 14.4. The molecule has 0 radical (unpaired) electrons. The van der Waals surface area contributed by atoms with Crippen LogP contribution in [0.2, 0.25) is 0 Å². The quantitative estimate of drug-likeness (QED) is 0.349. The van der Waals surface area contributed by atoms with Crippen molar-refractivity contribution in [1.29, 1.82) is 0 Å². The summed E-state index contributed by atoms with van der Waals surface area (Å²) in [7, 11) is 0. The number of phenols is 1. The number of halogens is 1. The number of rotatable bonds is 6. The van der Waals surface area contributed by atoms with Crippen molar-refractivity contribution in [3.63, 3.8) is 0 Å². The van der Waals surface area contributed by atoms with E-state index in [2.05, 4.69) is 38.0 Å². The Morgan fingerprint density at radius 1 is 1.36 bits per heavy atom. The molecule has 0 atom stereocenters. The van der Waals surface area contributed by atoms with Crippen molar-refractivity contribution < 1.29 is 9.90 Å². The second kappa shape index (κ2) is 8.62. The number of hydrogen-bond donors (Lipinski definition) is 2. The summed E-state index contributed by atoms with van der Waals surface area (Å²) in [5.74, 6) is -0.405. The summed E-state index contributed by atoms with van der Waals surface area (Å²) >= 11 is 3.32. The summed E-state index contributed by atoms with van der Waals surface area (Å²) in [5.41, 5.74) is 3.76. The van der Waals surface area contributed by atoms with Gasteiger partial charge in [0.1, 0.15) is 12.3 Å². The van der Waals surface area contributed by atoms with Gasteiger partial charge in [0.2, 0.25) is 0 Å². The lowest BCUT2D eigenvalue weighted by Crippen LogP contribution is -2.30. The molecule has 28 heavy (non-hydrogen) atoms. The molecule has 0 fully saturated rings. The average Bonchev–Trinajstić information content (AvgIpc) is 2.67. The first-order chi connectivity index (χ1) is 13.5. The van der Waals surface area contributed by atoms with Crippen molar-refractivity contribution in [2.45, 2.75) is 13.0 Å². The summed E-state index contributed by atoms with van der Waals surface area (Å²) in [6, 6.07) is 10.4. The number of hydrogen-bond acceptors (Lipinski definition) is 5. The average molecular weight is 441 g/mol. The maximum absolute atomic E-state index is 12.5. The molecule has 142 valence electrons. The minimum atomic E-state index is -0.490. The summed E-state index contributed by atoms with van der Waals surface area (Å²) in [4.78, 5) is 28.8. The van der Waals surface area contributed by atoms with Gasteiger partial charge in [0.25, 0.3) is 11.5 Å². The molecule has 3 aromatic rings. The predicted octanol–water partition coefficient (Wildman–Crippen LogP) is 2.74. The molecule has 0 aliphatic rings. The second-order valence-corrected chi connectivity index (χ2v) is 6.90. The van der Waals surface area contributed by atoms with Crippen LogP contribution in [-0.4, -0.2) is 26.8 Å². The molecule has 0 aliphatic heterocycles. The molecule has 1 heterocycles. The van der Waals surface area contributed by atoms with E-state index < -0.39 is 5.91 Å². The molecule has 1 aromatic heterocycles. The van der Waals surface area contributed by atoms with Crippen LogP contribution in [0.5, 0.6) is 5.75 Å². The first-order valence-electron chi connectivity index (χ1n) is 8.38. The number of para-hydroxylation sites is 1. The number of aromatic nitrogens is 2. The van der Waals surface area contributed by atoms with Crippen molar-refractivity contribution in [3.05, 3.63) is 81.3 Å². The topological polar surface area (TPSA) is 96.6 Å². The largest absolute Gasteiger partial charge is 0.507 e. The van der Waals surface area contributed by atoms with Gasteiger partial charge < -0.3 is 5.11 Å². The van der Waals surface area contributed by atoms with E-state index in [1.165, 1.54) is 17.1 Å². The van der Waals surface area contributed by atoms with Gasteiger partial charge in [0.15, 0.2) is 0 Å². The van der Waals surface area contributed by atoms with Crippen LogP contribution in [0, 0.1) is 0 Å². The number of amides is 1. The number of benzene rings is 2. The third-order valence-corrected chi connectivity index (χ3v) is 4.50. The number of hydrazone groups is 1. The van der Waals surface area contributed by atoms with E-state index in [1.54, 1.807) is 42.5 Å². The maximum atomic E-state index is 12.5. The zero-order valence-corrected chi connectivity index (χ0v) is 16.4. The zero-order valence-electron chi connectivity index (χ0n) is 14.8. The molecule has 0 unspecified atom stereocenters. The highest BCUT2D eigenvalue weighted by Gasteiger charge is 2.08. The molecule has 3 rings (SSSR count). The number of carbonyl (C=O) groups is 1. The van der Waals surface area contributed by atoms with E-state index >= 15 is 0 Å². The molecular weight excluding hydrogens is 424 g/mol. The van der Waals surface area contributed by atoms with E-state index in [1.807, 2.05) is 0 Å². The first kappa shape index (κ1) is 19.5.